The molecular weight excluding hydrogens is 308 g/mol. The van der Waals surface area contributed by atoms with Gasteiger partial charge in [-0.3, -0.25) is 0 Å². The fraction of sp³-hybridized carbons (Fsp3) is 0.333. The summed E-state index contributed by atoms with van der Waals surface area (Å²) in [5, 5.41) is 2.08. The molecule has 0 fully saturated rings. The Kier molecular flexibility index (Phi) is 5.26. The lowest BCUT2D eigenvalue weighted by molar-refractivity contribution is 0.309. The normalized spacial score (nSPS) is 10.6. The molecule has 2 rings (SSSR count). The zero-order valence-corrected chi connectivity index (χ0v) is 12.9. The van der Waals surface area contributed by atoms with E-state index in [2.05, 4.69) is 58.6 Å². The minimum absolute atomic E-state index is 0.643. The van der Waals surface area contributed by atoms with Crippen LogP contribution in [-0.2, 0) is 13.0 Å². The van der Waals surface area contributed by atoms with E-state index in [1.54, 1.807) is 11.3 Å². The molecule has 0 bridgehead atoms. The van der Waals surface area contributed by atoms with Crippen LogP contribution in [0.5, 0.6) is 5.75 Å². The second-order valence-corrected chi connectivity index (χ2v) is 6.18. The molecule has 0 aliphatic carbocycles. The van der Waals surface area contributed by atoms with Crippen molar-refractivity contribution in [3.05, 3.63) is 50.6 Å². The molecule has 2 aromatic rings. The van der Waals surface area contributed by atoms with Gasteiger partial charge in [0.15, 0.2) is 0 Å². The number of unbranched alkanes of at least 4 members (excludes halogenated alkanes) is 1. The number of benzene rings is 1. The van der Waals surface area contributed by atoms with Crippen LogP contribution in [0.25, 0.3) is 0 Å². The maximum absolute atomic E-state index is 5.75. The van der Waals surface area contributed by atoms with Crippen LogP contribution in [0.3, 0.4) is 0 Å². The van der Waals surface area contributed by atoms with Crippen LogP contribution in [-0.4, -0.2) is 0 Å². The average molecular weight is 325 g/mol. The van der Waals surface area contributed by atoms with Gasteiger partial charge in [0.25, 0.3) is 0 Å². The molecule has 3 heteroatoms. The fourth-order valence-electron chi connectivity index (χ4n) is 1.72. The van der Waals surface area contributed by atoms with Gasteiger partial charge in [-0.05, 0) is 52.5 Å². The number of thiophene rings is 1. The first-order chi connectivity index (χ1) is 8.78. The monoisotopic (exact) mass is 324 g/mol. The van der Waals surface area contributed by atoms with E-state index in [1.807, 2.05) is 0 Å². The van der Waals surface area contributed by atoms with Crippen LogP contribution in [0, 0.1) is 0 Å². The molecule has 0 saturated carbocycles. The predicted octanol–water partition coefficient (Wildman–Crippen LogP) is 5.43. The second-order valence-electron chi connectivity index (χ2n) is 4.27. The zero-order valence-electron chi connectivity index (χ0n) is 10.5. The summed E-state index contributed by atoms with van der Waals surface area (Å²) in [6, 6.07) is 10.5. The van der Waals surface area contributed by atoms with Gasteiger partial charge in [0.05, 0.1) is 0 Å². The van der Waals surface area contributed by atoms with Crippen LogP contribution in [0.4, 0.5) is 0 Å². The van der Waals surface area contributed by atoms with E-state index in [1.165, 1.54) is 23.3 Å². The number of rotatable bonds is 6. The molecule has 1 aromatic carbocycles. The average Bonchev–Trinajstić information content (AvgIpc) is 2.81. The number of hydrogen-bond donors (Lipinski definition) is 0. The van der Waals surface area contributed by atoms with Crippen molar-refractivity contribution in [2.45, 2.75) is 32.8 Å². The van der Waals surface area contributed by atoms with E-state index < -0.39 is 0 Å². The largest absolute Gasteiger partial charge is 0.488 e. The van der Waals surface area contributed by atoms with Crippen LogP contribution in [0.15, 0.2) is 40.2 Å². The fourth-order valence-corrected chi connectivity index (χ4v) is 3.08. The first kappa shape index (κ1) is 13.6. The number of ether oxygens (including phenoxy) is 1. The third-order valence-corrected chi connectivity index (χ3v) is 4.42. The first-order valence-electron chi connectivity index (χ1n) is 6.22. The van der Waals surface area contributed by atoms with Gasteiger partial charge in [-0.25, -0.2) is 0 Å². The quantitative estimate of drug-likeness (QED) is 0.688. The van der Waals surface area contributed by atoms with Gasteiger partial charge >= 0.3 is 0 Å². The molecule has 0 amide bonds. The third kappa shape index (κ3) is 4.14. The SMILES string of the molecule is CCCCc1ccc(OCc2cc(Br)cs2)cc1. The summed E-state index contributed by atoms with van der Waals surface area (Å²) < 4.78 is 6.88. The van der Waals surface area contributed by atoms with E-state index >= 15 is 0 Å². The van der Waals surface area contributed by atoms with Crippen LogP contribution in [0.2, 0.25) is 0 Å². The molecule has 18 heavy (non-hydrogen) atoms. The summed E-state index contributed by atoms with van der Waals surface area (Å²) in [5.74, 6) is 0.944. The Morgan fingerprint density at radius 2 is 2.00 bits per heavy atom. The first-order valence-corrected chi connectivity index (χ1v) is 7.90. The highest BCUT2D eigenvalue weighted by atomic mass is 79.9. The van der Waals surface area contributed by atoms with Gasteiger partial charge in [0.1, 0.15) is 12.4 Å². The van der Waals surface area contributed by atoms with Crippen LogP contribution in [0.1, 0.15) is 30.2 Å². The lowest BCUT2D eigenvalue weighted by Crippen LogP contribution is -1.93. The van der Waals surface area contributed by atoms with Gasteiger partial charge in [-0.2, -0.15) is 0 Å². The third-order valence-electron chi connectivity index (χ3n) is 2.75. The van der Waals surface area contributed by atoms with Crippen molar-refractivity contribution in [3.63, 3.8) is 0 Å². The van der Waals surface area contributed by atoms with Crippen molar-refractivity contribution >= 4 is 27.3 Å². The van der Waals surface area contributed by atoms with Gasteiger partial charge in [0, 0.05) is 14.7 Å². The Labute approximate surface area is 121 Å². The molecule has 0 aliphatic heterocycles. The molecule has 0 radical (unpaired) electrons. The van der Waals surface area contributed by atoms with Gasteiger partial charge in [0.2, 0.25) is 0 Å². The van der Waals surface area contributed by atoms with Crippen molar-refractivity contribution in [1.29, 1.82) is 0 Å². The van der Waals surface area contributed by atoms with Crippen molar-refractivity contribution in [3.8, 4) is 5.75 Å². The van der Waals surface area contributed by atoms with Crippen molar-refractivity contribution in [2.75, 3.05) is 0 Å². The van der Waals surface area contributed by atoms with E-state index in [9.17, 15) is 0 Å². The van der Waals surface area contributed by atoms with Crippen LogP contribution >= 0.6 is 27.3 Å². The minimum atomic E-state index is 0.643. The van der Waals surface area contributed by atoms with E-state index in [0.29, 0.717) is 6.61 Å². The number of halogens is 1. The topological polar surface area (TPSA) is 9.23 Å². The van der Waals surface area contributed by atoms with Crippen molar-refractivity contribution in [2.24, 2.45) is 0 Å². The zero-order chi connectivity index (χ0) is 12.8. The maximum atomic E-state index is 5.75. The summed E-state index contributed by atoms with van der Waals surface area (Å²) in [5.41, 5.74) is 1.39. The summed E-state index contributed by atoms with van der Waals surface area (Å²) in [6.45, 7) is 2.86. The Morgan fingerprint density at radius 3 is 2.61 bits per heavy atom. The molecule has 0 atom stereocenters. The van der Waals surface area contributed by atoms with Crippen molar-refractivity contribution in [1.82, 2.24) is 0 Å². The smallest absolute Gasteiger partial charge is 0.122 e. The summed E-state index contributed by atoms with van der Waals surface area (Å²) >= 11 is 5.16. The van der Waals surface area contributed by atoms with Gasteiger partial charge in [-0.15, -0.1) is 11.3 Å². The Morgan fingerprint density at radius 1 is 1.22 bits per heavy atom. The number of hydrogen-bond acceptors (Lipinski definition) is 2. The molecule has 0 spiro atoms. The minimum Gasteiger partial charge on any atom is -0.488 e. The molecule has 0 aliphatic rings. The van der Waals surface area contributed by atoms with E-state index in [4.69, 9.17) is 4.74 Å². The van der Waals surface area contributed by atoms with E-state index in [0.717, 1.165) is 16.6 Å². The molecule has 96 valence electrons. The van der Waals surface area contributed by atoms with E-state index in [-0.39, 0.29) is 0 Å². The lowest BCUT2D eigenvalue weighted by Gasteiger charge is -2.06. The van der Waals surface area contributed by atoms with Gasteiger partial charge < -0.3 is 4.74 Å². The molecule has 1 nitrogen and oxygen atoms in total. The predicted molar refractivity (Wildman–Crippen MR) is 81.4 cm³/mol. The Hall–Kier alpha value is -0.800. The number of aryl methyl sites for hydroxylation is 1. The molecular formula is C15H17BrOS. The Bertz CT molecular complexity index is 475. The highest BCUT2D eigenvalue weighted by molar-refractivity contribution is 9.10. The molecule has 0 saturated heterocycles. The summed E-state index contributed by atoms with van der Waals surface area (Å²) in [6.07, 6.45) is 3.66. The molecule has 1 aromatic heterocycles. The summed E-state index contributed by atoms with van der Waals surface area (Å²) in [7, 11) is 0. The molecule has 0 unspecified atom stereocenters. The second kappa shape index (κ2) is 6.95. The lowest BCUT2D eigenvalue weighted by atomic mass is 10.1. The van der Waals surface area contributed by atoms with Crippen molar-refractivity contribution < 1.29 is 4.74 Å². The standard InChI is InChI=1S/C15H17BrOS/c1-2-3-4-12-5-7-14(8-6-12)17-10-15-9-13(16)11-18-15/h5-9,11H,2-4,10H2,1H3. The highest BCUT2D eigenvalue weighted by Crippen LogP contribution is 2.22. The maximum Gasteiger partial charge on any atom is 0.122 e. The molecule has 1 heterocycles. The Balaban J connectivity index is 1.86. The summed E-state index contributed by atoms with van der Waals surface area (Å²) in [4.78, 5) is 1.23. The van der Waals surface area contributed by atoms with Crippen LogP contribution < -0.4 is 4.74 Å². The molecule has 0 N–H and O–H groups in total. The van der Waals surface area contributed by atoms with Gasteiger partial charge in [-0.1, -0.05) is 25.5 Å². The highest BCUT2D eigenvalue weighted by Gasteiger charge is 2.00.